The van der Waals surface area contributed by atoms with Crippen LogP contribution in [0.1, 0.15) is 48.0 Å². The highest BCUT2D eigenvalue weighted by atomic mass is 16.5. The molecule has 0 unspecified atom stereocenters. The van der Waals surface area contributed by atoms with Crippen molar-refractivity contribution >= 4 is 11.9 Å². The van der Waals surface area contributed by atoms with Crippen molar-refractivity contribution in [1.82, 2.24) is 15.0 Å². The molecule has 0 fully saturated rings. The van der Waals surface area contributed by atoms with Gasteiger partial charge >= 0.3 is 6.01 Å². The lowest BCUT2D eigenvalue weighted by atomic mass is 9.82. The fourth-order valence-electron chi connectivity index (χ4n) is 2.41. The first-order valence-electron chi connectivity index (χ1n) is 6.97. The van der Waals surface area contributed by atoms with E-state index in [9.17, 15) is 0 Å². The Bertz CT molecular complexity index is 440. The summed E-state index contributed by atoms with van der Waals surface area (Å²) < 4.78 is 5.12. The summed E-state index contributed by atoms with van der Waals surface area (Å²) in [6.07, 6.45) is 0.991. The summed E-state index contributed by atoms with van der Waals surface area (Å²) in [6, 6.07) is 0.310. The Morgan fingerprint density at radius 2 is 1.60 bits per heavy atom. The summed E-state index contributed by atoms with van der Waals surface area (Å²) in [5, 5.41) is 6.44. The van der Waals surface area contributed by atoms with Crippen LogP contribution < -0.4 is 15.4 Å². The molecule has 0 radical (unpaired) electrons. The maximum absolute atomic E-state index is 5.12. The highest BCUT2D eigenvalue weighted by molar-refractivity contribution is 5.37. The Kier molecular flexibility index (Phi) is 5.14. The van der Waals surface area contributed by atoms with Crippen molar-refractivity contribution in [3.8, 4) is 6.01 Å². The van der Waals surface area contributed by atoms with Gasteiger partial charge in [0.2, 0.25) is 11.9 Å². The van der Waals surface area contributed by atoms with E-state index in [0.717, 1.165) is 13.0 Å². The zero-order valence-corrected chi connectivity index (χ0v) is 13.7. The van der Waals surface area contributed by atoms with Crippen molar-refractivity contribution in [3.05, 3.63) is 0 Å². The molecule has 20 heavy (non-hydrogen) atoms. The number of anilines is 2. The van der Waals surface area contributed by atoms with Gasteiger partial charge in [0.1, 0.15) is 0 Å². The van der Waals surface area contributed by atoms with Crippen molar-refractivity contribution in [1.29, 1.82) is 0 Å². The number of hydrogen-bond donors (Lipinski definition) is 2. The SMILES string of the molecule is CCNc1nc(NC(C)(C)CC(C)(C)C)nc(OC)n1. The number of rotatable bonds is 6. The van der Waals surface area contributed by atoms with Crippen LogP contribution >= 0.6 is 0 Å². The molecule has 0 saturated heterocycles. The van der Waals surface area contributed by atoms with Crippen LogP contribution in [-0.2, 0) is 0 Å². The molecule has 2 N–H and O–H groups in total. The third kappa shape index (κ3) is 5.59. The van der Waals surface area contributed by atoms with E-state index in [2.05, 4.69) is 60.2 Å². The molecular weight excluding hydrogens is 254 g/mol. The summed E-state index contributed by atoms with van der Waals surface area (Å²) >= 11 is 0. The first-order chi connectivity index (χ1) is 9.15. The molecule has 0 saturated carbocycles. The summed E-state index contributed by atoms with van der Waals surface area (Å²) in [4.78, 5) is 12.8. The molecule has 1 aromatic heterocycles. The summed E-state index contributed by atoms with van der Waals surface area (Å²) in [5.41, 5.74) is 0.103. The summed E-state index contributed by atoms with van der Waals surface area (Å²) in [5.74, 6) is 1.05. The third-order valence-electron chi connectivity index (χ3n) is 2.55. The third-order valence-corrected chi connectivity index (χ3v) is 2.55. The number of aromatic nitrogens is 3. The summed E-state index contributed by atoms with van der Waals surface area (Å²) in [7, 11) is 1.55. The topological polar surface area (TPSA) is 72.0 Å². The van der Waals surface area contributed by atoms with E-state index in [4.69, 9.17) is 4.74 Å². The standard InChI is InChI=1S/C14H27N5O/c1-8-15-10-16-11(18-12(17-10)20-7)19-14(5,6)9-13(2,3)4/h8-9H2,1-7H3,(H2,15,16,17,18,19). The Morgan fingerprint density at radius 1 is 1.00 bits per heavy atom. The van der Waals surface area contributed by atoms with Crippen LogP contribution in [0.4, 0.5) is 11.9 Å². The highest BCUT2D eigenvalue weighted by Gasteiger charge is 2.26. The molecule has 114 valence electrons. The fraction of sp³-hybridized carbons (Fsp3) is 0.786. The molecule has 0 aliphatic carbocycles. The molecule has 0 aromatic carbocycles. The first kappa shape index (κ1) is 16.5. The molecule has 6 heteroatoms. The van der Waals surface area contributed by atoms with Crippen molar-refractivity contribution in [2.45, 2.75) is 53.5 Å². The molecule has 1 rings (SSSR count). The van der Waals surface area contributed by atoms with Gasteiger partial charge in [0.25, 0.3) is 0 Å². The lowest BCUT2D eigenvalue weighted by Gasteiger charge is -2.33. The molecule has 1 heterocycles. The maximum Gasteiger partial charge on any atom is 0.322 e. The van der Waals surface area contributed by atoms with E-state index in [1.54, 1.807) is 7.11 Å². The van der Waals surface area contributed by atoms with Crippen molar-refractivity contribution in [3.63, 3.8) is 0 Å². The monoisotopic (exact) mass is 281 g/mol. The van der Waals surface area contributed by atoms with Crippen LogP contribution in [0.15, 0.2) is 0 Å². The van der Waals surface area contributed by atoms with Gasteiger partial charge < -0.3 is 15.4 Å². The van der Waals surface area contributed by atoms with Gasteiger partial charge in [-0.2, -0.15) is 15.0 Å². The van der Waals surface area contributed by atoms with Gasteiger partial charge in [0.15, 0.2) is 0 Å². The quantitative estimate of drug-likeness (QED) is 0.835. The molecule has 0 spiro atoms. The van der Waals surface area contributed by atoms with Gasteiger partial charge in [-0.1, -0.05) is 20.8 Å². The molecule has 6 nitrogen and oxygen atoms in total. The zero-order chi connectivity index (χ0) is 15.4. The minimum Gasteiger partial charge on any atom is -0.467 e. The maximum atomic E-state index is 5.12. The van der Waals surface area contributed by atoms with Gasteiger partial charge in [-0.25, -0.2) is 0 Å². The average Bonchev–Trinajstić information content (AvgIpc) is 2.24. The van der Waals surface area contributed by atoms with Gasteiger partial charge in [0.05, 0.1) is 7.11 Å². The Balaban J connectivity index is 2.92. The lowest BCUT2D eigenvalue weighted by molar-refractivity contribution is 0.301. The predicted molar refractivity (Wildman–Crippen MR) is 82.3 cm³/mol. The van der Waals surface area contributed by atoms with Crippen molar-refractivity contribution < 1.29 is 4.74 Å². The van der Waals surface area contributed by atoms with Crippen molar-refractivity contribution in [2.24, 2.45) is 5.41 Å². The fourth-order valence-corrected chi connectivity index (χ4v) is 2.41. The van der Waals surface area contributed by atoms with E-state index in [1.165, 1.54) is 0 Å². The second kappa shape index (κ2) is 6.24. The Hall–Kier alpha value is -1.59. The largest absolute Gasteiger partial charge is 0.467 e. The molecule has 0 aliphatic heterocycles. The number of ether oxygens (including phenoxy) is 1. The van der Waals surface area contributed by atoms with Gasteiger partial charge in [-0.3, -0.25) is 0 Å². The number of methoxy groups -OCH3 is 1. The van der Waals surface area contributed by atoms with Crippen molar-refractivity contribution in [2.75, 3.05) is 24.3 Å². The van der Waals surface area contributed by atoms with E-state index in [1.807, 2.05) is 6.92 Å². The smallest absolute Gasteiger partial charge is 0.322 e. The van der Waals surface area contributed by atoms with E-state index in [0.29, 0.717) is 17.9 Å². The van der Waals surface area contributed by atoms with E-state index in [-0.39, 0.29) is 11.0 Å². The minimum absolute atomic E-state index is 0.117. The second-order valence-electron chi connectivity index (χ2n) is 6.75. The van der Waals surface area contributed by atoms with Gasteiger partial charge in [-0.15, -0.1) is 0 Å². The molecule has 0 atom stereocenters. The highest BCUT2D eigenvalue weighted by Crippen LogP contribution is 2.29. The molecule has 1 aromatic rings. The molecule has 0 bridgehead atoms. The molecule has 0 aliphatic rings. The molecule has 0 amide bonds. The van der Waals surface area contributed by atoms with Gasteiger partial charge in [0, 0.05) is 12.1 Å². The Morgan fingerprint density at radius 3 is 2.10 bits per heavy atom. The van der Waals surface area contributed by atoms with Crippen LogP contribution in [0.5, 0.6) is 6.01 Å². The predicted octanol–water partition coefficient (Wildman–Crippen LogP) is 2.94. The van der Waals surface area contributed by atoms with E-state index < -0.39 is 0 Å². The van der Waals surface area contributed by atoms with Gasteiger partial charge in [-0.05, 0) is 32.6 Å². The number of nitrogens with one attached hydrogen (secondary N) is 2. The summed E-state index contributed by atoms with van der Waals surface area (Å²) in [6.45, 7) is 13.7. The van der Waals surface area contributed by atoms with Crippen LogP contribution in [0.2, 0.25) is 0 Å². The van der Waals surface area contributed by atoms with Crippen LogP contribution in [0.3, 0.4) is 0 Å². The zero-order valence-electron chi connectivity index (χ0n) is 13.7. The van der Waals surface area contributed by atoms with Crippen LogP contribution in [0.25, 0.3) is 0 Å². The van der Waals surface area contributed by atoms with Crippen LogP contribution in [0, 0.1) is 5.41 Å². The number of hydrogen-bond acceptors (Lipinski definition) is 6. The second-order valence-corrected chi connectivity index (χ2v) is 6.75. The molecular formula is C14H27N5O. The van der Waals surface area contributed by atoms with Crippen LogP contribution in [-0.4, -0.2) is 34.1 Å². The Labute approximate surface area is 121 Å². The number of nitrogens with zero attached hydrogens (tertiary/aromatic N) is 3. The normalized spacial score (nSPS) is 12.2. The average molecular weight is 281 g/mol. The first-order valence-corrected chi connectivity index (χ1v) is 6.97. The lowest BCUT2D eigenvalue weighted by Crippen LogP contribution is -2.36. The van der Waals surface area contributed by atoms with E-state index >= 15 is 0 Å². The minimum atomic E-state index is -0.117.